The van der Waals surface area contributed by atoms with Gasteiger partial charge in [-0.1, -0.05) is 91.3 Å². The zero-order valence-electron chi connectivity index (χ0n) is 24.6. The van der Waals surface area contributed by atoms with Gasteiger partial charge in [-0.15, -0.1) is 0 Å². The fourth-order valence-electron chi connectivity index (χ4n) is 4.74. The molecule has 4 aromatic carbocycles. The van der Waals surface area contributed by atoms with Gasteiger partial charge in [0, 0.05) is 36.7 Å². The number of nitro benzene ring substituents is 1. The Morgan fingerprint density at radius 2 is 1.56 bits per heavy atom. The van der Waals surface area contributed by atoms with Crippen molar-refractivity contribution in [3.8, 4) is 0 Å². The van der Waals surface area contributed by atoms with Gasteiger partial charge in [-0.2, -0.15) is 0 Å². The number of rotatable bonds is 14. The first kappa shape index (κ1) is 33.2. The minimum Gasteiger partial charge on any atom is -0.354 e. The summed E-state index contributed by atoms with van der Waals surface area (Å²) in [5, 5.41) is 14.8. The number of benzene rings is 4. The van der Waals surface area contributed by atoms with E-state index in [-0.39, 0.29) is 29.2 Å². The molecule has 0 spiro atoms. The summed E-state index contributed by atoms with van der Waals surface area (Å²) in [5.74, 6) is -1.11. The van der Waals surface area contributed by atoms with Gasteiger partial charge in [0.25, 0.3) is 15.7 Å². The maximum atomic E-state index is 14.4. The summed E-state index contributed by atoms with van der Waals surface area (Å²) in [4.78, 5) is 40.3. The summed E-state index contributed by atoms with van der Waals surface area (Å²) in [6.45, 7) is 1.45. The quantitative estimate of drug-likeness (QED) is 0.140. The number of nitro groups is 1. The number of nitrogens with zero attached hydrogens (tertiary/aromatic N) is 3. The van der Waals surface area contributed by atoms with Crippen LogP contribution < -0.4 is 9.62 Å². The number of carbonyl (C=O) groups excluding carboxylic acids is 2. The van der Waals surface area contributed by atoms with Gasteiger partial charge in [0.15, 0.2) is 0 Å². The van der Waals surface area contributed by atoms with Crippen LogP contribution in [-0.4, -0.2) is 49.2 Å². The number of non-ortho nitro benzene ring substituents is 1. The number of carbonyl (C=O) groups is 2. The number of amides is 2. The lowest BCUT2D eigenvalue weighted by molar-refractivity contribution is -0.384. The van der Waals surface area contributed by atoms with Gasteiger partial charge in [-0.25, -0.2) is 8.42 Å². The van der Waals surface area contributed by atoms with Crippen LogP contribution in [0.3, 0.4) is 0 Å². The van der Waals surface area contributed by atoms with E-state index in [2.05, 4.69) is 5.32 Å². The Kier molecular flexibility index (Phi) is 11.3. The number of hydrogen-bond acceptors (Lipinski definition) is 6. The van der Waals surface area contributed by atoms with Crippen LogP contribution in [0.15, 0.2) is 114 Å². The minimum absolute atomic E-state index is 0.0749. The van der Waals surface area contributed by atoms with E-state index in [9.17, 15) is 28.1 Å². The highest BCUT2D eigenvalue weighted by molar-refractivity contribution is 7.92. The third-order valence-corrected chi connectivity index (χ3v) is 9.21. The van der Waals surface area contributed by atoms with Crippen molar-refractivity contribution in [2.45, 2.75) is 37.2 Å². The summed E-state index contributed by atoms with van der Waals surface area (Å²) in [6, 6.07) is 27.6. The average Bonchev–Trinajstić information content (AvgIpc) is 3.05. The van der Waals surface area contributed by atoms with Gasteiger partial charge in [0.1, 0.15) is 12.6 Å². The molecule has 0 aliphatic carbocycles. The monoisotopic (exact) mass is 648 g/mol. The molecule has 0 aromatic heterocycles. The van der Waals surface area contributed by atoms with E-state index in [1.54, 1.807) is 30.3 Å². The third kappa shape index (κ3) is 8.46. The maximum absolute atomic E-state index is 14.4. The van der Waals surface area contributed by atoms with Crippen LogP contribution in [-0.2, 0) is 32.6 Å². The van der Waals surface area contributed by atoms with Gasteiger partial charge in [0.05, 0.1) is 15.5 Å². The summed E-state index contributed by atoms with van der Waals surface area (Å²) in [7, 11) is -4.39. The molecule has 0 aliphatic rings. The molecule has 1 N–H and O–H groups in total. The molecule has 0 heterocycles. The molecule has 0 radical (unpaired) electrons. The van der Waals surface area contributed by atoms with E-state index in [1.807, 2.05) is 37.3 Å². The largest absolute Gasteiger partial charge is 0.354 e. The smallest absolute Gasteiger partial charge is 0.271 e. The van der Waals surface area contributed by atoms with Gasteiger partial charge in [-0.3, -0.25) is 24.0 Å². The molecular weight excluding hydrogens is 616 g/mol. The molecule has 45 heavy (non-hydrogen) atoms. The van der Waals surface area contributed by atoms with Crippen molar-refractivity contribution in [1.82, 2.24) is 10.2 Å². The standard InChI is InChI=1S/C33H33ClN4O6S/c1-2-20-35-33(40)31(21-25-12-5-3-6-13-25)36(23-26-14-9-10-19-30(26)34)32(39)24-37(27-15-11-16-28(22-27)38(41)42)45(43,44)29-17-7-4-8-18-29/h3-19,22,31H,2,20-21,23-24H2,1H3,(H,35,40)/t31-/m0/s1. The number of sulfonamides is 1. The van der Waals surface area contributed by atoms with Crippen molar-refractivity contribution in [1.29, 1.82) is 0 Å². The summed E-state index contributed by atoms with van der Waals surface area (Å²) < 4.78 is 28.8. The third-order valence-electron chi connectivity index (χ3n) is 7.06. The lowest BCUT2D eigenvalue weighted by Gasteiger charge is -2.34. The van der Waals surface area contributed by atoms with Crippen LogP contribution in [0.4, 0.5) is 11.4 Å². The summed E-state index contributed by atoms with van der Waals surface area (Å²) >= 11 is 6.49. The van der Waals surface area contributed by atoms with Crippen molar-refractivity contribution in [3.05, 3.63) is 135 Å². The van der Waals surface area contributed by atoms with Crippen LogP contribution in [0.1, 0.15) is 24.5 Å². The molecule has 0 saturated heterocycles. The van der Waals surface area contributed by atoms with E-state index in [0.717, 1.165) is 15.9 Å². The Morgan fingerprint density at radius 1 is 0.911 bits per heavy atom. The first-order valence-corrected chi connectivity index (χ1v) is 16.1. The minimum atomic E-state index is -4.39. The molecule has 0 saturated carbocycles. The zero-order valence-corrected chi connectivity index (χ0v) is 26.2. The van der Waals surface area contributed by atoms with E-state index >= 15 is 0 Å². The number of nitrogens with one attached hydrogen (secondary N) is 1. The Morgan fingerprint density at radius 3 is 2.20 bits per heavy atom. The highest BCUT2D eigenvalue weighted by atomic mass is 35.5. The fraction of sp³-hybridized carbons (Fsp3) is 0.212. The predicted molar refractivity (Wildman–Crippen MR) is 173 cm³/mol. The molecule has 1 atom stereocenters. The van der Waals surface area contributed by atoms with Crippen molar-refractivity contribution < 1.29 is 22.9 Å². The van der Waals surface area contributed by atoms with Crippen LogP contribution in [0.2, 0.25) is 5.02 Å². The SMILES string of the molecule is CCCNC(=O)[C@H](Cc1ccccc1)N(Cc1ccccc1Cl)C(=O)CN(c1cccc([N+](=O)[O-])c1)S(=O)(=O)c1ccccc1. The summed E-state index contributed by atoms with van der Waals surface area (Å²) in [6.07, 6.45) is 0.812. The van der Waals surface area contributed by atoms with Crippen molar-refractivity contribution >= 4 is 44.8 Å². The average molecular weight is 649 g/mol. The molecule has 12 heteroatoms. The molecule has 2 amide bonds. The molecule has 4 aromatic rings. The predicted octanol–water partition coefficient (Wildman–Crippen LogP) is 5.61. The lowest BCUT2D eigenvalue weighted by Crippen LogP contribution is -2.53. The normalized spacial score (nSPS) is 11.8. The van der Waals surface area contributed by atoms with Crippen molar-refractivity contribution in [3.63, 3.8) is 0 Å². The van der Waals surface area contributed by atoms with Gasteiger partial charge >= 0.3 is 0 Å². The second-order valence-electron chi connectivity index (χ2n) is 10.2. The first-order chi connectivity index (χ1) is 21.6. The Hall–Kier alpha value is -4.74. The fourth-order valence-corrected chi connectivity index (χ4v) is 6.36. The van der Waals surface area contributed by atoms with Crippen molar-refractivity contribution in [2.75, 3.05) is 17.4 Å². The van der Waals surface area contributed by atoms with E-state index in [4.69, 9.17) is 11.6 Å². The second-order valence-corrected chi connectivity index (χ2v) is 12.5. The van der Waals surface area contributed by atoms with Crippen LogP contribution >= 0.6 is 11.6 Å². The van der Waals surface area contributed by atoms with Crippen LogP contribution in [0.5, 0.6) is 0 Å². The van der Waals surface area contributed by atoms with E-state index in [0.29, 0.717) is 23.6 Å². The zero-order chi connectivity index (χ0) is 32.4. The van der Waals surface area contributed by atoms with Gasteiger partial charge in [-0.05, 0) is 41.8 Å². The number of hydrogen-bond donors (Lipinski definition) is 1. The molecule has 0 unspecified atom stereocenters. The number of anilines is 1. The highest BCUT2D eigenvalue weighted by Gasteiger charge is 2.35. The topological polar surface area (TPSA) is 130 Å². The Bertz CT molecular complexity index is 1740. The summed E-state index contributed by atoms with van der Waals surface area (Å²) in [5.41, 5.74) is 0.927. The van der Waals surface area contributed by atoms with Crippen LogP contribution in [0, 0.1) is 10.1 Å². The molecule has 0 fully saturated rings. The van der Waals surface area contributed by atoms with Gasteiger partial charge in [0.2, 0.25) is 11.8 Å². The Balaban J connectivity index is 1.83. The number of halogens is 1. The van der Waals surface area contributed by atoms with Crippen LogP contribution in [0.25, 0.3) is 0 Å². The maximum Gasteiger partial charge on any atom is 0.271 e. The lowest BCUT2D eigenvalue weighted by atomic mass is 10.0. The molecular formula is C33H33ClN4O6S. The molecule has 234 valence electrons. The molecule has 0 bridgehead atoms. The van der Waals surface area contributed by atoms with E-state index in [1.165, 1.54) is 47.4 Å². The molecule has 10 nitrogen and oxygen atoms in total. The Labute approximate surface area is 267 Å². The highest BCUT2D eigenvalue weighted by Crippen LogP contribution is 2.28. The first-order valence-electron chi connectivity index (χ1n) is 14.3. The molecule has 0 aliphatic heterocycles. The molecule has 4 rings (SSSR count). The second kappa shape index (κ2) is 15.3. The van der Waals surface area contributed by atoms with E-state index < -0.39 is 39.3 Å². The van der Waals surface area contributed by atoms with Crippen molar-refractivity contribution in [2.24, 2.45) is 0 Å². The van der Waals surface area contributed by atoms with Gasteiger partial charge < -0.3 is 10.2 Å².